The molecule has 0 aliphatic rings. The molecule has 1 heterocycles. The normalized spacial score (nSPS) is 11.4. The summed E-state index contributed by atoms with van der Waals surface area (Å²) in [4.78, 5) is 18.0. The first-order valence-corrected chi connectivity index (χ1v) is 11.9. The molecule has 0 fully saturated rings. The minimum absolute atomic E-state index is 0.179. The van der Waals surface area contributed by atoms with Crippen LogP contribution in [0, 0.1) is 6.92 Å². The van der Waals surface area contributed by atoms with E-state index in [1.165, 1.54) is 10.2 Å². The van der Waals surface area contributed by atoms with Crippen LogP contribution in [-0.4, -0.2) is 15.9 Å². The Morgan fingerprint density at radius 3 is 2.76 bits per heavy atom. The second-order valence-electron chi connectivity index (χ2n) is 7.97. The molecule has 3 aromatic carbocycles. The summed E-state index contributed by atoms with van der Waals surface area (Å²) in [6, 6.07) is 21.5. The largest absolute Gasteiger partial charge is 0.488 e. The van der Waals surface area contributed by atoms with Crippen molar-refractivity contribution in [1.82, 2.24) is 9.66 Å². The summed E-state index contributed by atoms with van der Waals surface area (Å²) in [5.41, 5.74) is 3.60. The molecule has 0 aliphatic heterocycles. The number of rotatable bonds is 8. The molecular formula is C27H26BrN3O2. The maximum absolute atomic E-state index is 13.3. The quantitative estimate of drug-likeness (QED) is 0.266. The number of aromatic nitrogens is 2. The van der Waals surface area contributed by atoms with Gasteiger partial charge in [-0.1, -0.05) is 71.2 Å². The number of para-hydroxylation sites is 1. The van der Waals surface area contributed by atoms with Crippen LogP contribution in [0.5, 0.6) is 5.75 Å². The van der Waals surface area contributed by atoms with E-state index in [0.29, 0.717) is 35.5 Å². The standard InChI is InChI=1S/C27H26BrN3O2/c1-3-4-12-26-30-24-14-13-22(28)16-23(24)27(32)31(26)29-17-21-10-5-6-11-25(21)33-18-20-9-7-8-19(2)15-20/h5-11,13-17H,3-4,12,18H2,1-2H3. The fourth-order valence-electron chi connectivity index (χ4n) is 3.61. The van der Waals surface area contributed by atoms with E-state index in [2.05, 4.69) is 47.0 Å². The Bertz CT molecular complexity index is 1360. The van der Waals surface area contributed by atoms with Gasteiger partial charge in [-0.05, 0) is 49.2 Å². The number of unbranched alkanes of at least 4 members (excludes halogenated alkanes) is 1. The average Bonchev–Trinajstić information content (AvgIpc) is 2.82. The summed E-state index contributed by atoms with van der Waals surface area (Å²) in [6.07, 6.45) is 4.29. The Balaban J connectivity index is 1.68. The van der Waals surface area contributed by atoms with Crippen LogP contribution in [0.4, 0.5) is 0 Å². The van der Waals surface area contributed by atoms with Crippen molar-refractivity contribution >= 4 is 33.0 Å². The van der Waals surface area contributed by atoms with Gasteiger partial charge in [-0.25, -0.2) is 4.98 Å². The van der Waals surface area contributed by atoms with E-state index >= 15 is 0 Å². The van der Waals surface area contributed by atoms with Crippen LogP contribution in [0.15, 0.2) is 81.1 Å². The topological polar surface area (TPSA) is 56.5 Å². The van der Waals surface area contributed by atoms with Crippen molar-refractivity contribution in [3.8, 4) is 5.75 Å². The van der Waals surface area contributed by atoms with Crippen LogP contribution in [0.1, 0.15) is 42.3 Å². The van der Waals surface area contributed by atoms with Crippen LogP contribution < -0.4 is 10.3 Å². The number of hydrogen-bond acceptors (Lipinski definition) is 4. The average molecular weight is 504 g/mol. The molecule has 33 heavy (non-hydrogen) atoms. The van der Waals surface area contributed by atoms with Gasteiger partial charge in [0.15, 0.2) is 0 Å². The maximum Gasteiger partial charge on any atom is 0.282 e. The third-order valence-corrected chi connectivity index (χ3v) is 5.83. The zero-order valence-electron chi connectivity index (χ0n) is 18.8. The van der Waals surface area contributed by atoms with Crippen LogP contribution in [0.3, 0.4) is 0 Å². The highest BCUT2D eigenvalue weighted by Gasteiger charge is 2.11. The molecule has 0 atom stereocenters. The number of ether oxygens (including phenoxy) is 1. The highest BCUT2D eigenvalue weighted by molar-refractivity contribution is 9.10. The molecule has 0 bridgehead atoms. The van der Waals surface area contributed by atoms with Gasteiger partial charge in [0.2, 0.25) is 0 Å². The number of hydrogen-bond donors (Lipinski definition) is 0. The van der Waals surface area contributed by atoms with E-state index in [-0.39, 0.29) is 5.56 Å². The Kier molecular flexibility index (Phi) is 7.35. The Morgan fingerprint density at radius 2 is 1.94 bits per heavy atom. The number of benzene rings is 3. The molecule has 5 nitrogen and oxygen atoms in total. The van der Waals surface area contributed by atoms with Gasteiger partial charge in [0.25, 0.3) is 5.56 Å². The summed E-state index contributed by atoms with van der Waals surface area (Å²) in [7, 11) is 0. The number of nitrogens with zero attached hydrogens (tertiary/aromatic N) is 3. The Morgan fingerprint density at radius 1 is 1.09 bits per heavy atom. The van der Waals surface area contributed by atoms with Gasteiger partial charge in [-0.15, -0.1) is 0 Å². The lowest BCUT2D eigenvalue weighted by Crippen LogP contribution is -2.22. The van der Waals surface area contributed by atoms with Crippen LogP contribution >= 0.6 is 15.9 Å². The molecule has 0 saturated heterocycles. The third-order valence-electron chi connectivity index (χ3n) is 5.34. The highest BCUT2D eigenvalue weighted by atomic mass is 79.9. The zero-order valence-corrected chi connectivity index (χ0v) is 20.4. The fourth-order valence-corrected chi connectivity index (χ4v) is 3.97. The van der Waals surface area contributed by atoms with Gasteiger partial charge in [0, 0.05) is 16.5 Å². The SMILES string of the molecule is CCCCc1nc2ccc(Br)cc2c(=O)n1N=Cc1ccccc1OCc1cccc(C)c1. The summed E-state index contributed by atoms with van der Waals surface area (Å²) in [5, 5.41) is 5.09. The molecule has 4 aromatic rings. The first kappa shape index (κ1) is 22.9. The minimum atomic E-state index is -0.179. The molecular weight excluding hydrogens is 478 g/mol. The van der Waals surface area contributed by atoms with E-state index in [0.717, 1.165) is 28.4 Å². The maximum atomic E-state index is 13.3. The Hall–Kier alpha value is -3.25. The lowest BCUT2D eigenvalue weighted by atomic mass is 10.1. The molecule has 4 rings (SSSR count). The van der Waals surface area contributed by atoms with Gasteiger partial charge in [0.05, 0.1) is 17.1 Å². The van der Waals surface area contributed by atoms with Gasteiger partial charge < -0.3 is 4.74 Å². The predicted octanol–water partition coefficient (Wildman–Crippen LogP) is 6.27. The second-order valence-corrected chi connectivity index (χ2v) is 8.89. The number of halogens is 1. The number of fused-ring (bicyclic) bond motifs is 1. The lowest BCUT2D eigenvalue weighted by Gasteiger charge is -2.11. The first-order valence-electron chi connectivity index (χ1n) is 11.1. The van der Waals surface area contributed by atoms with Gasteiger partial charge in [-0.3, -0.25) is 4.79 Å². The van der Waals surface area contributed by atoms with Gasteiger partial charge >= 0.3 is 0 Å². The predicted molar refractivity (Wildman–Crippen MR) is 137 cm³/mol. The van der Waals surface area contributed by atoms with Crippen molar-refractivity contribution in [2.45, 2.75) is 39.7 Å². The van der Waals surface area contributed by atoms with E-state index in [1.807, 2.05) is 48.5 Å². The molecule has 0 radical (unpaired) electrons. The van der Waals surface area contributed by atoms with E-state index in [9.17, 15) is 4.79 Å². The van der Waals surface area contributed by atoms with Crippen LogP contribution in [0.2, 0.25) is 0 Å². The fraction of sp³-hybridized carbons (Fsp3) is 0.222. The monoisotopic (exact) mass is 503 g/mol. The van der Waals surface area contributed by atoms with Gasteiger partial charge in [-0.2, -0.15) is 9.78 Å². The highest BCUT2D eigenvalue weighted by Crippen LogP contribution is 2.19. The number of aryl methyl sites for hydroxylation is 2. The van der Waals surface area contributed by atoms with Crippen molar-refractivity contribution in [3.05, 3.63) is 104 Å². The lowest BCUT2D eigenvalue weighted by molar-refractivity contribution is 0.305. The molecule has 0 spiro atoms. The third kappa shape index (κ3) is 5.57. The molecule has 168 valence electrons. The van der Waals surface area contributed by atoms with Crippen molar-refractivity contribution in [2.24, 2.45) is 5.10 Å². The molecule has 0 amide bonds. The Labute approximate surface area is 201 Å². The summed E-state index contributed by atoms with van der Waals surface area (Å²) < 4.78 is 8.33. The van der Waals surface area contributed by atoms with E-state index in [4.69, 9.17) is 9.72 Å². The van der Waals surface area contributed by atoms with Crippen LogP contribution in [-0.2, 0) is 13.0 Å². The van der Waals surface area contributed by atoms with Crippen molar-refractivity contribution < 1.29 is 4.74 Å². The molecule has 0 saturated carbocycles. The van der Waals surface area contributed by atoms with Crippen molar-refractivity contribution in [3.63, 3.8) is 0 Å². The van der Waals surface area contributed by atoms with E-state index in [1.54, 1.807) is 12.3 Å². The summed E-state index contributed by atoms with van der Waals surface area (Å²) in [5.74, 6) is 1.37. The van der Waals surface area contributed by atoms with E-state index < -0.39 is 0 Å². The summed E-state index contributed by atoms with van der Waals surface area (Å²) in [6.45, 7) is 4.64. The minimum Gasteiger partial charge on any atom is -0.488 e. The second kappa shape index (κ2) is 10.6. The molecule has 1 aromatic heterocycles. The molecule has 0 unspecified atom stereocenters. The molecule has 0 aliphatic carbocycles. The van der Waals surface area contributed by atoms with Gasteiger partial charge in [0.1, 0.15) is 18.2 Å². The van der Waals surface area contributed by atoms with Crippen molar-refractivity contribution in [2.75, 3.05) is 0 Å². The zero-order chi connectivity index (χ0) is 23.2. The molecule has 6 heteroatoms. The van der Waals surface area contributed by atoms with Crippen molar-refractivity contribution in [1.29, 1.82) is 0 Å². The summed E-state index contributed by atoms with van der Waals surface area (Å²) >= 11 is 3.45. The first-order chi connectivity index (χ1) is 16.0. The van der Waals surface area contributed by atoms with Crippen LogP contribution in [0.25, 0.3) is 10.9 Å². The smallest absolute Gasteiger partial charge is 0.282 e. The molecule has 0 N–H and O–H groups in total.